The van der Waals surface area contributed by atoms with Crippen LogP contribution in [-0.4, -0.2) is 33.5 Å². The number of amides is 1. The Hall–Kier alpha value is -2.67. The zero-order chi connectivity index (χ0) is 24.9. The number of nitrogens with two attached hydrogens (primary N) is 1. The van der Waals surface area contributed by atoms with Gasteiger partial charge in [-0.05, 0) is 87.3 Å². The summed E-state index contributed by atoms with van der Waals surface area (Å²) in [5.74, 6) is -1.25. The average molecular weight is 482 g/mol. The van der Waals surface area contributed by atoms with E-state index in [0.29, 0.717) is 30.6 Å². The summed E-state index contributed by atoms with van der Waals surface area (Å²) in [5, 5.41) is 13.2. The number of rotatable bonds is 6. The van der Waals surface area contributed by atoms with E-state index < -0.39 is 11.7 Å². The Labute approximate surface area is 206 Å². The van der Waals surface area contributed by atoms with Gasteiger partial charge in [0.25, 0.3) is 5.91 Å². The molecule has 1 fully saturated rings. The number of hydrogen-bond donors (Lipinski definition) is 3. The second-order valence-corrected chi connectivity index (χ2v) is 10.8. The molecule has 188 valence electrons. The predicted octanol–water partition coefficient (Wildman–Crippen LogP) is 4.85. The summed E-state index contributed by atoms with van der Waals surface area (Å²) in [6.45, 7) is 4.29. The minimum atomic E-state index is -0.807. The summed E-state index contributed by atoms with van der Waals surface area (Å²) in [7, 11) is 0. The third-order valence-corrected chi connectivity index (χ3v) is 8.81. The Morgan fingerprint density at radius 3 is 2.51 bits per heavy atom. The van der Waals surface area contributed by atoms with Crippen LogP contribution in [0.4, 0.5) is 10.1 Å². The molecule has 1 aromatic heterocycles. The molecule has 0 spiro atoms. The van der Waals surface area contributed by atoms with Gasteiger partial charge in [-0.3, -0.25) is 9.59 Å². The lowest BCUT2D eigenvalue weighted by Crippen LogP contribution is -2.32. The zero-order valence-electron chi connectivity index (χ0n) is 20.8. The highest BCUT2D eigenvalue weighted by molar-refractivity contribution is 6.01. The third-order valence-electron chi connectivity index (χ3n) is 8.81. The van der Waals surface area contributed by atoms with Gasteiger partial charge in [0.05, 0.1) is 23.0 Å². The van der Waals surface area contributed by atoms with Crippen molar-refractivity contribution in [1.29, 1.82) is 0 Å². The number of Topliss-reactive ketones (excluding diaryl/α,β-unsaturated/α-hetero) is 1. The Morgan fingerprint density at radius 2 is 1.86 bits per heavy atom. The van der Waals surface area contributed by atoms with Crippen molar-refractivity contribution in [2.75, 3.05) is 5.32 Å². The molecule has 0 saturated heterocycles. The van der Waals surface area contributed by atoms with Crippen molar-refractivity contribution < 1.29 is 19.1 Å². The molecule has 3 aliphatic rings. The van der Waals surface area contributed by atoms with E-state index in [-0.39, 0.29) is 28.9 Å². The molecule has 1 aromatic carbocycles. The Bertz CT molecular complexity index is 1170. The number of primary amides is 1. The minimum Gasteiger partial charge on any atom is -0.393 e. The van der Waals surface area contributed by atoms with Crippen molar-refractivity contribution in [3.05, 3.63) is 46.0 Å². The van der Waals surface area contributed by atoms with Crippen LogP contribution >= 0.6 is 0 Å². The highest BCUT2D eigenvalue weighted by Crippen LogP contribution is 2.46. The number of carbonyl (C=O) groups excluding carboxylic acids is 2. The first kappa shape index (κ1) is 24.0. The van der Waals surface area contributed by atoms with Crippen LogP contribution < -0.4 is 11.1 Å². The molecule has 6 nitrogen and oxygen atoms in total. The van der Waals surface area contributed by atoms with E-state index in [9.17, 15) is 14.7 Å². The summed E-state index contributed by atoms with van der Waals surface area (Å²) in [6, 6.07) is 3.25. The topological polar surface area (TPSA) is 97.4 Å². The maximum atomic E-state index is 15.5. The first-order valence-corrected chi connectivity index (χ1v) is 13.1. The Balaban J connectivity index is 1.64. The molecule has 3 aliphatic carbocycles. The quantitative estimate of drug-likeness (QED) is 0.549. The number of nitrogens with one attached hydrogen (secondary N) is 1. The molecule has 1 amide bonds. The molecule has 0 bridgehead atoms. The summed E-state index contributed by atoms with van der Waals surface area (Å²) in [6.07, 6.45) is 8.40. The lowest BCUT2D eigenvalue weighted by Gasteiger charge is -2.36. The smallest absolute Gasteiger partial charge is 0.253 e. The predicted molar refractivity (Wildman–Crippen MR) is 134 cm³/mol. The van der Waals surface area contributed by atoms with Crippen LogP contribution in [0.25, 0.3) is 5.69 Å². The molecular weight excluding hydrogens is 445 g/mol. The molecule has 0 unspecified atom stereocenters. The van der Waals surface area contributed by atoms with Crippen LogP contribution in [0, 0.1) is 11.2 Å². The highest BCUT2D eigenvalue weighted by atomic mass is 19.1. The number of ketones is 1. The van der Waals surface area contributed by atoms with E-state index >= 15 is 4.39 Å². The number of benzene rings is 1. The van der Waals surface area contributed by atoms with Crippen molar-refractivity contribution in [3.8, 4) is 5.69 Å². The number of aromatic nitrogens is 1. The average Bonchev–Trinajstić information content (AvgIpc) is 3.40. The van der Waals surface area contributed by atoms with Gasteiger partial charge < -0.3 is 20.7 Å². The molecule has 0 radical (unpaired) electrons. The molecule has 7 heteroatoms. The fourth-order valence-electron chi connectivity index (χ4n) is 6.62. The van der Waals surface area contributed by atoms with Gasteiger partial charge in [-0.15, -0.1) is 0 Å². The van der Waals surface area contributed by atoms with E-state index in [2.05, 4.69) is 23.7 Å². The Kier molecular flexibility index (Phi) is 6.24. The van der Waals surface area contributed by atoms with Gasteiger partial charge in [-0.25, -0.2) is 4.39 Å². The van der Waals surface area contributed by atoms with Gasteiger partial charge in [-0.2, -0.15) is 0 Å². The number of carbonyl (C=O) groups is 2. The van der Waals surface area contributed by atoms with Crippen LogP contribution in [-0.2, 0) is 19.3 Å². The number of aliphatic hydroxyl groups is 1. The molecule has 1 saturated carbocycles. The number of halogens is 1. The fraction of sp³-hybridized carbons (Fsp3) is 0.571. The van der Waals surface area contributed by atoms with Crippen LogP contribution in [0.2, 0.25) is 0 Å². The molecule has 0 atom stereocenters. The van der Waals surface area contributed by atoms with Crippen molar-refractivity contribution in [3.63, 3.8) is 0 Å². The fourth-order valence-corrected chi connectivity index (χ4v) is 6.62. The second-order valence-electron chi connectivity index (χ2n) is 10.8. The molecule has 4 N–H and O–H groups in total. The number of anilines is 1. The van der Waals surface area contributed by atoms with Crippen LogP contribution in [0.15, 0.2) is 12.1 Å². The number of hydrogen-bond acceptors (Lipinski definition) is 4. The number of aliphatic hydroxyl groups excluding tert-OH is 1. The lowest BCUT2D eigenvalue weighted by molar-refractivity contribution is 0.0867. The zero-order valence-corrected chi connectivity index (χ0v) is 20.8. The normalized spacial score (nSPS) is 23.1. The second kappa shape index (κ2) is 9.08. The molecule has 5 rings (SSSR count). The lowest BCUT2D eigenvalue weighted by atomic mass is 9.69. The maximum Gasteiger partial charge on any atom is 0.253 e. The van der Waals surface area contributed by atoms with E-state index in [0.717, 1.165) is 73.9 Å². The standard InChI is InChI=1S/C28H36FN3O3/c1-3-28(4-2)14-23-25(24(34)15-28)19-6-5-7-22(19)32(23)17-12-20(29)26(27(30)35)21(13-17)31-16-8-10-18(33)11-9-16/h12-13,16,18,31,33H,3-11,14-15H2,1-2H3,(H2,30,35). The van der Waals surface area contributed by atoms with E-state index in [4.69, 9.17) is 5.73 Å². The molecule has 35 heavy (non-hydrogen) atoms. The number of nitrogens with zero attached hydrogens (tertiary/aromatic N) is 1. The van der Waals surface area contributed by atoms with Crippen molar-refractivity contribution >= 4 is 17.4 Å². The van der Waals surface area contributed by atoms with Crippen LogP contribution in [0.1, 0.15) is 103 Å². The van der Waals surface area contributed by atoms with Gasteiger partial charge in [0.15, 0.2) is 5.78 Å². The van der Waals surface area contributed by atoms with Gasteiger partial charge in [0.2, 0.25) is 0 Å². The first-order chi connectivity index (χ1) is 16.8. The van der Waals surface area contributed by atoms with Crippen LogP contribution in [0.5, 0.6) is 0 Å². The van der Waals surface area contributed by atoms with Gasteiger partial charge in [0.1, 0.15) is 5.82 Å². The van der Waals surface area contributed by atoms with E-state index in [1.54, 1.807) is 0 Å². The van der Waals surface area contributed by atoms with E-state index in [1.165, 1.54) is 6.07 Å². The van der Waals surface area contributed by atoms with Crippen molar-refractivity contribution in [2.24, 2.45) is 11.1 Å². The van der Waals surface area contributed by atoms with Crippen molar-refractivity contribution in [1.82, 2.24) is 4.57 Å². The first-order valence-electron chi connectivity index (χ1n) is 13.1. The minimum absolute atomic E-state index is 0.0323. The largest absolute Gasteiger partial charge is 0.393 e. The Morgan fingerprint density at radius 1 is 1.14 bits per heavy atom. The summed E-state index contributed by atoms with van der Waals surface area (Å²) in [4.78, 5) is 25.6. The van der Waals surface area contributed by atoms with Gasteiger partial charge >= 0.3 is 0 Å². The maximum absolute atomic E-state index is 15.5. The molecular formula is C28H36FN3O3. The monoisotopic (exact) mass is 481 g/mol. The van der Waals surface area contributed by atoms with E-state index in [1.807, 2.05) is 6.07 Å². The number of fused-ring (bicyclic) bond motifs is 3. The van der Waals surface area contributed by atoms with Gasteiger partial charge in [-0.1, -0.05) is 13.8 Å². The van der Waals surface area contributed by atoms with Gasteiger partial charge in [0, 0.05) is 29.4 Å². The summed E-state index contributed by atoms with van der Waals surface area (Å²) < 4.78 is 17.6. The molecule has 1 heterocycles. The molecule has 0 aliphatic heterocycles. The summed E-state index contributed by atoms with van der Waals surface area (Å²) in [5.41, 5.74) is 10.5. The third kappa shape index (κ3) is 4.07. The SMILES string of the molecule is CCC1(CC)CC(=O)c2c3c(n(-c4cc(F)c(C(N)=O)c(NC5CCC(O)CC5)c4)c2C1)CCC3. The highest BCUT2D eigenvalue weighted by Gasteiger charge is 2.42. The van der Waals surface area contributed by atoms with Crippen LogP contribution in [0.3, 0.4) is 0 Å². The summed E-state index contributed by atoms with van der Waals surface area (Å²) >= 11 is 0. The molecule has 2 aromatic rings. The van der Waals surface area contributed by atoms with Crippen molar-refractivity contribution in [2.45, 2.75) is 96.6 Å².